The first kappa shape index (κ1) is 13.3. The van der Waals surface area contributed by atoms with Crippen LogP contribution >= 0.6 is 0 Å². The van der Waals surface area contributed by atoms with E-state index < -0.39 is 23.2 Å². The Morgan fingerprint density at radius 3 is 2.68 bits per heavy atom. The molecule has 0 radical (unpaired) electrons. The van der Waals surface area contributed by atoms with Crippen LogP contribution in [0.3, 0.4) is 0 Å². The monoisotopic (exact) mass is 275 g/mol. The Bertz CT molecular complexity index is 558. The van der Waals surface area contributed by atoms with Gasteiger partial charge in [-0.15, -0.1) is 0 Å². The first-order valence-corrected chi connectivity index (χ1v) is 5.10. The summed E-state index contributed by atoms with van der Waals surface area (Å²) in [5, 5.41) is 23.3. The topological polar surface area (TPSA) is 87.8 Å². The van der Waals surface area contributed by atoms with Crippen LogP contribution in [-0.4, -0.2) is 27.6 Å². The molecule has 0 aromatic heterocycles. The quantitative estimate of drug-likeness (QED) is 0.633. The molecule has 0 saturated heterocycles. The number of hydrazone groups is 1. The Morgan fingerprint density at radius 1 is 1.47 bits per heavy atom. The lowest BCUT2D eigenvalue weighted by molar-refractivity contribution is -0.384. The molecule has 0 saturated carbocycles. The fourth-order valence-corrected chi connectivity index (χ4v) is 1.61. The van der Waals surface area contributed by atoms with E-state index in [1.165, 1.54) is 18.2 Å². The van der Waals surface area contributed by atoms with Crippen LogP contribution in [0.4, 0.5) is 18.9 Å². The summed E-state index contributed by atoms with van der Waals surface area (Å²) in [4.78, 5) is 9.91. The molecule has 0 amide bonds. The number of benzene rings is 1. The van der Waals surface area contributed by atoms with Gasteiger partial charge in [0.2, 0.25) is 0 Å². The van der Waals surface area contributed by atoms with Crippen molar-refractivity contribution >= 4 is 11.4 Å². The number of halogens is 3. The van der Waals surface area contributed by atoms with Gasteiger partial charge in [0.1, 0.15) is 0 Å². The molecule has 0 aliphatic carbocycles. The highest BCUT2D eigenvalue weighted by Crippen LogP contribution is 2.35. The van der Waals surface area contributed by atoms with Crippen molar-refractivity contribution in [3.05, 3.63) is 39.9 Å². The number of nitro groups is 1. The van der Waals surface area contributed by atoms with E-state index in [9.17, 15) is 28.4 Å². The van der Waals surface area contributed by atoms with Crippen LogP contribution in [0.5, 0.6) is 0 Å². The third kappa shape index (κ3) is 2.36. The zero-order valence-electron chi connectivity index (χ0n) is 9.31. The molecular formula is C10H8F3N3O3. The lowest BCUT2D eigenvalue weighted by atomic mass is 10.0. The molecule has 1 aliphatic heterocycles. The smallest absolute Gasteiger partial charge is 0.362 e. The third-order valence-corrected chi connectivity index (χ3v) is 2.66. The van der Waals surface area contributed by atoms with Crippen molar-refractivity contribution in [1.29, 1.82) is 0 Å². The maximum absolute atomic E-state index is 12.5. The second-order valence-electron chi connectivity index (χ2n) is 4.01. The second-order valence-corrected chi connectivity index (χ2v) is 4.01. The molecule has 19 heavy (non-hydrogen) atoms. The number of aliphatic hydroxyl groups is 1. The zero-order valence-corrected chi connectivity index (χ0v) is 9.31. The van der Waals surface area contributed by atoms with Crippen LogP contribution in [0.1, 0.15) is 12.0 Å². The third-order valence-electron chi connectivity index (χ3n) is 2.66. The number of hydrogen-bond acceptors (Lipinski definition) is 5. The van der Waals surface area contributed by atoms with E-state index in [0.717, 1.165) is 6.07 Å². The minimum Gasteiger partial charge on any atom is -0.362 e. The molecule has 6 nitrogen and oxygen atoms in total. The van der Waals surface area contributed by atoms with Crippen molar-refractivity contribution < 1.29 is 23.2 Å². The fourth-order valence-electron chi connectivity index (χ4n) is 1.61. The molecular weight excluding hydrogens is 267 g/mol. The SMILES string of the molecule is O=[N+]([O-])c1cccc(C2=NN[C@@](O)(C(F)(F)F)C2)c1. The number of non-ortho nitro benzene ring substituents is 1. The lowest BCUT2D eigenvalue weighted by Gasteiger charge is -2.24. The number of nitrogens with one attached hydrogen (secondary N) is 1. The van der Waals surface area contributed by atoms with Crippen LogP contribution in [0.25, 0.3) is 0 Å². The molecule has 0 spiro atoms. The number of rotatable bonds is 2. The van der Waals surface area contributed by atoms with Crippen LogP contribution in [-0.2, 0) is 0 Å². The molecule has 1 aliphatic rings. The molecule has 1 heterocycles. The molecule has 0 unspecified atom stereocenters. The van der Waals surface area contributed by atoms with Crippen LogP contribution in [0.15, 0.2) is 29.4 Å². The standard InChI is InChI=1S/C10H8F3N3O3/c11-10(12,13)9(17)5-8(14-15-9)6-2-1-3-7(4-6)16(18)19/h1-4,15,17H,5H2/t9-/m0/s1. The lowest BCUT2D eigenvalue weighted by Crippen LogP contribution is -2.52. The van der Waals surface area contributed by atoms with Gasteiger partial charge in [0.25, 0.3) is 11.4 Å². The van der Waals surface area contributed by atoms with Gasteiger partial charge in [0.05, 0.1) is 17.1 Å². The van der Waals surface area contributed by atoms with Gasteiger partial charge in [-0.2, -0.15) is 18.3 Å². The van der Waals surface area contributed by atoms with Gasteiger partial charge < -0.3 is 5.11 Å². The predicted molar refractivity (Wildman–Crippen MR) is 58.4 cm³/mol. The maximum Gasteiger partial charge on any atom is 0.438 e. The average molecular weight is 275 g/mol. The summed E-state index contributed by atoms with van der Waals surface area (Å²) in [6.07, 6.45) is -5.70. The predicted octanol–water partition coefficient (Wildman–Crippen LogP) is 1.54. The fraction of sp³-hybridized carbons (Fsp3) is 0.300. The van der Waals surface area contributed by atoms with Crippen molar-refractivity contribution in [2.75, 3.05) is 0 Å². The molecule has 9 heteroatoms. The molecule has 2 N–H and O–H groups in total. The molecule has 2 rings (SSSR count). The van der Waals surface area contributed by atoms with Crippen molar-refractivity contribution in [1.82, 2.24) is 5.43 Å². The summed E-state index contributed by atoms with van der Waals surface area (Å²) >= 11 is 0. The zero-order chi connectivity index (χ0) is 14.3. The summed E-state index contributed by atoms with van der Waals surface area (Å²) in [5.41, 5.74) is -1.71. The van der Waals surface area contributed by atoms with E-state index in [1.54, 1.807) is 5.43 Å². The number of hydrogen-bond donors (Lipinski definition) is 2. The highest BCUT2D eigenvalue weighted by Gasteiger charge is 2.57. The van der Waals surface area contributed by atoms with Crippen molar-refractivity contribution in [2.45, 2.75) is 18.3 Å². The Morgan fingerprint density at radius 2 is 2.16 bits per heavy atom. The number of nitro benzene ring substituents is 1. The Kier molecular flexibility index (Phi) is 2.93. The Balaban J connectivity index is 2.27. The van der Waals surface area contributed by atoms with Gasteiger partial charge in [-0.3, -0.25) is 15.5 Å². The van der Waals surface area contributed by atoms with E-state index in [1.807, 2.05) is 0 Å². The normalized spacial score (nSPS) is 22.8. The van der Waals surface area contributed by atoms with E-state index >= 15 is 0 Å². The molecule has 1 aromatic carbocycles. The van der Waals surface area contributed by atoms with Crippen LogP contribution < -0.4 is 5.43 Å². The van der Waals surface area contributed by atoms with E-state index in [-0.39, 0.29) is 17.0 Å². The van der Waals surface area contributed by atoms with E-state index in [2.05, 4.69) is 5.10 Å². The van der Waals surface area contributed by atoms with Crippen molar-refractivity contribution in [2.24, 2.45) is 5.10 Å². The molecule has 0 bridgehead atoms. The second kappa shape index (κ2) is 4.19. The van der Waals surface area contributed by atoms with Gasteiger partial charge >= 0.3 is 6.18 Å². The van der Waals surface area contributed by atoms with Gasteiger partial charge in [0, 0.05) is 17.7 Å². The number of alkyl halides is 3. The van der Waals surface area contributed by atoms with Crippen molar-refractivity contribution in [3.63, 3.8) is 0 Å². The largest absolute Gasteiger partial charge is 0.438 e. The first-order valence-electron chi connectivity index (χ1n) is 5.10. The summed E-state index contributed by atoms with van der Waals surface area (Å²) < 4.78 is 37.6. The van der Waals surface area contributed by atoms with Gasteiger partial charge in [-0.1, -0.05) is 12.1 Å². The van der Waals surface area contributed by atoms with Gasteiger partial charge in [-0.25, -0.2) is 0 Å². The van der Waals surface area contributed by atoms with Gasteiger partial charge in [-0.05, 0) is 0 Å². The minimum absolute atomic E-state index is 0.0940. The highest BCUT2D eigenvalue weighted by atomic mass is 19.4. The maximum atomic E-state index is 12.5. The molecule has 0 fully saturated rings. The Hall–Kier alpha value is -2.16. The first-order chi connectivity index (χ1) is 8.73. The highest BCUT2D eigenvalue weighted by molar-refractivity contribution is 6.02. The molecule has 102 valence electrons. The van der Waals surface area contributed by atoms with Crippen molar-refractivity contribution in [3.8, 4) is 0 Å². The summed E-state index contributed by atoms with van der Waals surface area (Å²) in [5.74, 6) is 0. The van der Waals surface area contributed by atoms with E-state index in [4.69, 9.17) is 0 Å². The molecule has 1 atom stereocenters. The van der Waals surface area contributed by atoms with Crippen LogP contribution in [0, 0.1) is 10.1 Å². The molecule has 1 aromatic rings. The average Bonchev–Trinajstić information content (AvgIpc) is 2.73. The summed E-state index contributed by atoms with van der Waals surface area (Å²) in [7, 11) is 0. The Labute approximate surface area is 104 Å². The van der Waals surface area contributed by atoms with Crippen LogP contribution in [0.2, 0.25) is 0 Å². The van der Waals surface area contributed by atoms with E-state index in [0.29, 0.717) is 0 Å². The number of nitrogens with zero attached hydrogens (tertiary/aromatic N) is 2. The minimum atomic E-state index is -4.89. The summed E-state index contributed by atoms with van der Waals surface area (Å²) in [6.45, 7) is 0. The summed E-state index contributed by atoms with van der Waals surface area (Å²) in [6, 6.07) is 5.03. The van der Waals surface area contributed by atoms with Gasteiger partial charge in [0.15, 0.2) is 0 Å².